The predicted molar refractivity (Wildman–Crippen MR) is 123 cm³/mol. The van der Waals surface area contributed by atoms with Crippen LogP contribution in [0.15, 0.2) is 48.7 Å². The van der Waals surface area contributed by atoms with Crippen LogP contribution in [0.3, 0.4) is 0 Å². The minimum Gasteiger partial charge on any atom is -0.506 e. The average Bonchev–Trinajstić information content (AvgIpc) is 3.19. The van der Waals surface area contributed by atoms with Crippen LogP contribution in [0.5, 0.6) is 5.75 Å². The smallest absolute Gasteiger partial charge is 0.330 e. The van der Waals surface area contributed by atoms with Gasteiger partial charge in [-0.05, 0) is 52.1 Å². The molecule has 0 saturated heterocycles. The van der Waals surface area contributed by atoms with E-state index in [2.05, 4.69) is 58.2 Å². The van der Waals surface area contributed by atoms with Crippen LogP contribution in [0.4, 0.5) is 5.69 Å². The zero-order valence-corrected chi connectivity index (χ0v) is 20.1. The van der Waals surface area contributed by atoms with E-state index in [1.165, 1.54) is 6.07 Å². The second-order valence-electron chi connectivity index (χ2n) is 8.78. The Bertz CT molecular complexity index is 1050. The molecule has 30 heavy (non-hydrogen) atoms. The Morgan fingerprint density at radius 1 is 0.933 bits per heavy atom. The number of hydrogen-bond donors (Lipinski definition) is 3. The molecule has 0 amide bonds. The normalized spacial score (nSPS) is 16.4. The summed E-state index contributed by atoms with van der Waals surface area (Å²) >= 11 is 0. The highest BCUT2D eigenvalue weighted by Gasteiger charge is 2.45. The highest BCUT2D eigenvalue weighted by Crippen LogP contribution is 2.43. The number of phenols is 1. The molecule has 0 radical (unpaired) electrons. The number of aromatic nitrogens is 1. The van der Waals surface area contributed by atoms with Crippen LogP contribution < -0.4 is 9.03 Å². The molecule has 9 heteroatoms. The lowest BCUT2D eigenvalue weighted by molar-refractivity contribution is 0.392. The van der Waals surface area contributed by atoms with E-state index in [1.54, 1.807) is 12.1 Å². The van der Waals surface area contributed by atoms with Gasteiger partial charge in [0.15, 0.2) is 8.24 Å². The third kappa shape index (κ3) is 3.49. The number of rotatable bonds is 6. The standard InChI is InChI=1S/C21H31N3O4SSi/c1-14(2)30(15(3)4,16(5)6)23-10-9-18(12-23)17-7-8-20(25)19(11-17)24-13-21(26)22-29(24,27)28/h7-16,22,25-26H,1-6H3. The second kappa shape index (κ2) is 7.70. The van der Waals surface area contributed by atoms with Crippen molar-refractivity contribution in [1.82, 2.24) is 8.95 Å². The van der Waals surface area contributed by atoms with E-state index in [4.69, 9.17) is 0 Å². The fourth-order valence-corrected chi connectivity index (χ4v) is 12.7. The van der Waals surface area contributed by atoms with Crippen molar-refractivity contribution >= 4 is 24.1 Å². The molecule has 0 fully saturated rings. The Kier molecular flexibility index (Phi) is 5.72. The molecule has 0 unspecified atom stereocenters. The van der Waals surface area contributed by atoms with Gasteiger partial charge in [-0.25, -0.2) is 9.03 Å². The molecule has 164 valence electrons. The van der Waals surface area contributed by atoms with Crippen LogP contribution in [0, 0.1) is 0 Å². The van der Waals surface area contributed by atoms with Crippen molar-refractivity contribution in [3.05, 3.63) is 48.7 Å². The first-order valence-corrected chi connectivity index (χ1v) is 13.8. The van der Waals surface area contributed by atoms with Gasteiger partial charge in [-0.1, -0.05) is 47.6 Å². The Labute approximate surface area is 179 Å². The summed E-state index contributed by atoms with van der Waals surface area (Å²) in [6, 6.07) is 6.89. The van der Waals surface area contributed by atoms with Crippen LogP contribution in [0.25, 0.3) is 11.1 Å². The average molecular weight is 450 g/mol. The number of nitrogens with one attached hydrogen (secondary N) is 1. The fourth-order valence-electron chi connectivity index (χ4n) is 5.17. The number of phenolic OH excluding ortho intramolecular Hbond substituents is 1. The van der Waals surface area contributed by atoms with Gasteiger partial charge in [0, 0.05) is 6.20 Å². The first-order valence-electron chi connectivity index (χ1n) is 10.2. The Morgan fingerprint density at radius 2 is 1.53 bits per heavy atom. The van der Waals surface area contributed by atoms with Crippen LogP contribution in [-0.2, 0) is 10.2 Å². The van der Waals surface area contributed by atoms with Gasteiger partial charge >= 0.3 is 10.2 Å². The van der Waals surface area contributed by atoms with E-state index in [0.29, 0.717) is 16.6 Å². The summed E-state index contributed by atoms with van der Waals surface area (Å²) in [4.78, 5) is 0. The van der Waals surface area contributed by atoms with E-state index in [9.17, 15) is 18.6 Å². The lowest BCUT2D eigenvalue weighted by Crippen LogP contribution is -2.51. The van der Waals surface area contributed by atoms with Gasteiger partial charge in [0.2, 0.25) is 5.88 Å². The van der Waals surface area contributed by atoms with E-state index < -0.39 is 24.3 Å². The van der Waals surface area contributed by atoms with Crippen molar-refractivity contribution < 1.29 is 18.6 Å². The molecule has 3 rings (SSSR count). The molecule has 0 saturated carbocycles. The molecule has 0 aliphatic carbocycles. The van der Waals surface area contributed by atoms with Gasteiger partial charge in [0.25, 0.3) is 0 Å². The van der Waals surface area contributed by atoms with E-state index in [0.717, 1.165) is 21.6 Å². The zero-order chi connectivity index (χ0) is 22.4. The second-order valence-corrected chi connectivity index (χ2v) is 16.1. The summed E-state index contributed by atoms with van der Waals surface area (Å²) in [5, 5.41) is 19.8. The number of hydrogen-bond acceptors (Lipinski definition) is 4. The maximum atomic E-state index is 12.2. The van der Waals surface area contributed by atoms with Gasteiger partial charge in [0.1, 0.15) is 11.4 Å². The molecule has 1 aliphatic rings. The van der Waals surface area contributed by atoms with Gasteiger partial charge in [-0.3, -0.25) is 0 Å². The molecule has 2 heterocycles. The van der Waals surface area contributed by atoms with Crippen molar-refractivity contribution in [1.29, 1.82) is 0 Å². The van der Waals surface area contributed by atoms with E-state index in [-0.39, 0.29) is 11.4 Å². The van der Waals surface area contributed by atoms with Crippen LogP contribution >= 0.6 is 0 Å². The van der Waals surface area contributed by atoms with Gasteiger partial charge in [-0.15, -0.1) is 0 Å². The maximum Gasteiger partial charge on any atom is 0.330 e. The Morgan fingerprint density at radius 3 is 2.03 bits per heavy atom. The molecule has 3 N–H and O–H groups in total. The first-order chi connectivity index (χ1) is 13.9. The van der Waals surface area contributed by atoms with Gasteiger partial charge < -0.3 is 14.4 Å². The predicted octanol–water partition coefficient (Wildman–Crippen LogP) is 4.90. The molecule has 0 bridgehead atoms. The van der Waals surface area contributed by atoms with Crippen LogP contribution in [0.1, 0.15) is 41.5 Å². The Balaban J connectivity index is 2.09. The maximum absolute atomic E-state index is 12.2. The SMILES string of the molecule is CC(C)[Si](C(C)C)(C(C)C)n1ccc(-c2ccc(O)c(N3C=C(O)NS3(=O)=O)c2)c1. The molecular weight excluding hydrogens is 418 g/mol. The molecule has 0 spiro atoms. The van der Waals surface area contributed by atoms with Crippen LogP contribution in [0.2, 0.25) is 16.6 Å². The fraction of sp³-hybridized carbons (Fsp3) is 0.429. The third-order valence-electron chi connectivity index (χ3n) is 6.19. The highest BCUT2D eigenvalue weighted by molar-refractivity contribution is 7.91. The lowest BCUT2D eigenvalue weighted by atomic mass is 10.1. The molecule has 1 aliphatic heterocycles. The van der Waals surface area contributed by atoms with Crippen LogP contribution in [-0.4, -0.2) is 31.1 Å². The number of nitrogens with zero attached hydrogens (tertiary/aromatic N) is 2. The van der Waals surface area contributed by atoms with Gasteiger partial charge in [0.05, 0.1) is 6.20 Å². The van der Waals surface area contributed by atoms with Crippen molar-refractivity contribution in [3.63, 3.8) is 0 Å². The van der Waals surface area contributed by atoms with Crippen molar-refractivity contribution in [2.45, 2.75) is 58.2 Å². The molecule has 1 aromatic carbocycles. The Hall–Kier alpha value is -2.39. The molecule has 2 aromatic rings. The lowest BCUT2D eigenvalue weighted by Gasteiger charge is -2.44. The van der Waals surface area contributed by atoms with Crippen molar-refractivity contribution in [3.8, 4) is 16.9 Å². The number of anilines is 1. The van der Waals surface area contributed by atoms with Gasteiger partial charge in [-0.2, -0.15) is 8.42 Å². The summed E-state index contributed by atoms with van der Waals surface area (Å²) < 4.78 is 29.7. The molecular formula is C21H31N3O4SSi. The number of benzene rings is 1. The first kappa shape index (κ1) is 22.3. The number of aliphatic hydroxyl groups is 1. The summed E-state index contributed by atoms with van der Waals surface area (Å²) in [6.45, 7) is 13.8. The monoisotopic (exact) mass is 449 g/mol. The summed E-state index contributed by atoms with van der Waals surface area (Å²) in [5.74, 6) is -0.683. The number of aliphatic hydroxyl groups excluding tert-OH is 1. The van der Waals surface area contributed by atoms with Crippen molar-refractivity contribution in [2.24, 2.45) is 0 Å². The highest BCUT2D eigenvalue weighted by atomic mass is 32.2. The zero-order valence-electron chi connectivity index (χ0n) is 18.3. The summed E-state index contributed by atoms with van der Waals surface area (Å²) in [6.07, 6.45) is 5.31. The van der Waals surface area contributed by atoms with E-state index >= 15 is 0 Å². The summed E-state index contributed by atoms with van der Waals surface area (Å²) in [5.41, 5.74) is 3.45. The number of aromatic hydroxyl groups is 1. The largest absolute Gasteiger partial charge is 0.506 e. The third-order valence-corrected chi connectivity index (χ3v) is 14.2. The minimum absolute atomic E-state index is 0.0805. The minimum atomic E-state index is -3.98. The van der Waals surface area contributed by atoms with Crippen molar-refractivity contribution in [2.75, 3.05) is 4.31 Å². The molecule has 1 aromatic heterocycles. The molecule has 7 nitrogen and oxygen atoms in total. The molecule has 0 atom stereocenters. The summed E-state index contributed by atoms with van der Waals surface area (Å²) in [7, 11) is -5.87. The quantitative estimate of drug-likeness (QED) is 0.547. The topological polar surface area (TPSA) is 94.8 Å². The van der Waals surface area contributed by atoms with E-state index in [1.807, 2.05) is 10.8 Å².